The Bertz CT molecular complexity index is 491. The number of aromatic nitrogens is 1. The number of pyridine rings is 1. The molecule has 0 aliphatic carbocycles. The van der Waals surface area contributed by atoms with E-state index in [0.717, 1.165) is 34.5 Å². The molecule has 1 aliphatic rings. The van der Waals surface area contributed by atoms with Crippen LogP contribution in [-0.2, 0) is 4.79 Å². The minimum absolute atomic E-state index is 0.0509. The number of nitrogens with one attached hydrogen (secondary N) is 2. The van der Waals surface area contributed by atoms with Crippen LogP contribution in [0.25, 0.3) is 0 Å². The Morgan fingerprint density at radius 3 is 2.76 bits per heavy atom. The SMILES string of the molecule is CC(C(=O)Nc1cnc(Br)c(C)c1)=C1CNC1. The highest BCUT2D eigenvalue weighted by Crippen LogP contribution is 2.18. The van der Waals surface area contributed by atoms with Crippen molar-refractivity contribution in [2.45, 2.75) is 13.8 Å². The molecule has 1 aromatic rings. The largest absolute Gasteiger partial charge is 0.321 e. The van der Waals surface area contributed by atoms with Crippen molar-refractivity contribution in [3.05, 3.63) is 33.6 Å². The van der Waals surface area contributed by atoms with Gasteiger partial charge in [0.2, 0.25) is 0 Å². The maximum Gasteiger partial charge on any atom is 0.251 e. The van der Waals surface area contributed by atoms with Gasteiger partial charge in [0, 0.05) is 18.7 Å². The van der Waals surface area contributed by atoms with Crippen LogP contribution in [0.2, 0.25) is 0 Å². The zero-order valence-corrected chi connectivity index (χ0v) is 11.4. The van der Waals surface area contributed by atoms with Crippen molar-refractivity contribution in [3.63, 3.8) is 0 Å². The number of amides is 1. The van der Waals surface area contributed by atoms with E-state index in [1.807, 2.05) is 19.9 Å². The van der Waals surface area contributed by atoms with Crippen molar-refractivity contribution in [1.29, 1.82) is 0 Å². The average molecular weight is 296 g/mol. The van der Waals surface area contributed by atoms with Gasteiger partial charge in [-0.3, -0.25) is 4.79 Å². The van der Waals surface area contributed by atoms with Gasteiger partial charge >= 0.3 is 0 Å². The van der Waals surface area contributed by atoms with Crippen LogP contribution in [0.1, 0.15) is 12.5 Å². The third-order valence-electron chi connectivity index (χ3n) is 2.82. The Kier molecular flexibility index (Phi) is 3.59. The fourth-order valence-corrected chi connectivity index (χ4v) is 1.74. The average Bonchev–Trinajstić information content (AvgIpc) is 2.21. The minimum Gasteiger partial charge on any atom is -0.321 e. The van der Waals surface area contributed by atoms with E-state index in [1.165, 1.54) is 5.57 Å². The minimum atomic E-state index is -0.0509. The maximum absolute atomic E-state index is 11.9. The van der Waals surface area contributed by atoms with Crippen LogP contribution >= 0.6 is 15.9 Å². The smallest absolute Gasteiger partial charge is 0.251 e. The molecule has 2 rings (SSSR count). The Hall–Kier alpha value is -1.20. The standard InChI is InChI=1S/C12H14BrN3O/c1-7-3-10(6-15-11(7)13)16-12(17)8(2)9-4-14-5-9/h3,6,14H,4-5H2,1-2H3,(H,16,17). The van der Waals surface area contributed by atoms with E-state index < -0.39 is 0 Å². The topological polar surface area (TPSA) is 54.0 Å². The van der Waals surface area contributed by atoms with Gasteiger partial charge in [0.25, 0.3) is 5.91 Å². The van der Waals surface area contributed by atoms with Crippen LogP contribution in [0.5, 0.6) is 0 Å². The molecule has 90 valence electrons. The lowest BCUT2D eigenvalue weighted by atomic mass is 10.0. The van der Waals surface area contributed by atoms with E-state index >= 15 is 0 Å². The molecule has 1 aromatic heterocycles. The first-order valence-corrected chi connectivity index (χ1v) is 6.20. The summed E-state index contributed by atoms with van der Waals surface area (Å²) in [6.45, 7) is 5.42. The molecule has 0 atom stereocenters. The number of carbonyl (C=O) groups is 1. The second kappa shape index (κ2) is 4.98. The summed E-state index contributed by atoms with van der Waals surface area (Å²) in [5.41, 5.74) is 3.69. The van der Waals surface area contributed by atoms with Gasteiger partial charge in [-0.05, 0) is 47.0 Å². The molecule has 0 bridgehead atoms. The molecule has 0 spiro atoms. The molecular formula is C12H14BrN3O. The lowest BCUT2D eigenvalue weighted by Crippen LogP contribution is -2.36. The summed E-state index contributed by atoms with van der Waals surface area (Å²) < 4.78 is 0.800. The molecule has 0 radical (unpaired) electrons. The van der Waals surface area contributed by atoms with Gasteiger partial charge in [-0.2, -0.15) is 0 Å². The molecule has 2 N–H and O–H groups in total. The molecule has 0 saturated carbocycles. The number of anilines is 1. The summed E-state index contributed by atoms with van der Waals surface area (Å²) in [5.74, 6) is -0.0509. The quantitative estimate of drug-likeness (QED) is 0.648. The Morgan fingerprint density at radius 1 is 1.53 bits per heavy atom. The van der Waals surface area contributed by atoms with E-state index in [0.29, 0.717) is 0 Å². The second-order valence-electron chi connectivity index (χ2n) is 4.12. The molecule has 1 fully saturated rings. The summed E-state index contributed by atoms with van der Waals surface area (Å²) in [6.07, 6.45) is 1.64. The predicted molar refractivity (Wildman–Crippen MR) is 70.9 cm³/mol. The van der Waals surface area contributed by atoms with E-state index in [9.17, 15) is 4.79 Å². The van der Waals surface area contributed by atoms with Crippen molar-refractivity contribution in [3.8, 4) is 0 Å². The van der Waals surface area contributed by atoms with Gasteiger partial charge in [0.1, 0.15) is 4.60 Å². The first-order valence-electron chi connectivity index (χ1n) is 5.41. The molecule has 5 heteroatoms. The summed E-state index contributed by atoms with van der Waals surface area (Å²) in [4.78, 5) is 16.1. The predicted octanol–water partition coefficient (Wildman–Crippen LogP) is 2.01. The van der Waals surface area contributed by atoms with Crippen molar-refractivity contribution in [1.82, 2.24) is 10.3 Å². The van der Waals surface area contributed by atoms with Gasteiger partial charge in [-0.25, -0.2) is 4.98 Å². The van der Waals surface area contributed by atoms with Gasteiger partial charge in [0.15, 0.2) is 0 Å². The monoisotopic (exact) mass is 295 g/mol. The summed E-state index contributed by atoms with van der Waals surface area (Å²) >= 11 is 3.33. The molecule has 2 heterocycles. The highest BCUT2D eigenvalue weighted by molar-refractivity contribution is 9.10. The molecule has 0 unspecified atom stereocenters. The summed E-state index contributed by atoms with van der Waals surface area (Å²) in [5, 5.41) is 5.97. The van der Waals surface area contributed by atoms with Crippen LogP contribution in [-0.4, -0.2) is 24.0 Å². The van der Waals surface area contributed by atoms with Crippen LogP contribution in [0.15, 0.2) is 28.0 Å². The van der Waals surface area contributed by atoms with Crippen molar-refractivity contribution in [2.75, 3.05) is 18.4 Å². The summed E-state index contributed by atoms with van der Waals surface area (Å²) in [7, 11) is 0. The molecule has 0 aromatic carbocycles. The van der Waals surface area contributed by atoms with E-state index in [-0.39, 0.29) is 5.91 Å². The third-order valence-corrected chi connectivity index (χ3v) is 3.65. The fraction of sp³-hybridized carbons (Fsp3) is 0.333. The zero-order valence-electron chi connectivity index (χ0n) is 9.80. The lowest BCUT2D eigenvalue weighted by Gasteiger charge is -2.21. The zero-order chi connectivity index (χ0) is 12.4. The third kappa shape index (κ3) is 2.73. The van der Waals surface area contributed by atoms with E-state index in [1.54, 1.807) is 6.20 Å². The highest BCUT2D eigenvalue weighted by atomic mass is 79.9. The maximum atomic E-state index is 11.9. The number of hydrogen-bond acceptors (Lipinski definition) is 3. The Labute approximate surface area is 109 Å². The number of carbonyl (C=O) groups excluding carboxylic acids is 1. The molecule has 1 aliphatic heterocycles. The van der Waals surface area contributed by atoms with Crippen LogP contribution < -0.4 is 10.6 Å². The first kappa shape index (κ1) is 12.3. The first-order chi connectivity index (χ1) is 8.08. The molecule has 1 amide bonds. The van der Waals surface area contributed by atoms with Gasteiger partial charge in [-0.15, -0.1) is 0 Å². The Morgan fingerprint density at radius 2 is 2.24 bits per heavy atom. The number of hydrogen-bond donors (Lipinski definition) is 2. The van der Waals surface area contributed by atoms with Crippen LogP contribution in [0.4, 0.5) is 5.69 Å². The second-order valence-corrected chi connectivity index (χ2v) is 4.87. The number of aryl methyl sites for hydroxylation is 1. The highest BCUT2D eigenvalue weighted by Gasteiger charge is 2.16. The fourth-order valence-electron chi connectivity index (χ4n) is 1.53. The number of nitrogens with zero attached hydrogens (tertiary/aromatic N) is 1. The van der Waals surface area contributed by atoms with Crippen LogP contribution in [0, 0.1) is 6.92 Å². The summed E-state index contributed by atoms with van der Waals surface area (Å²) in [6, 6.07) is 1.89. The van der Waals surface area contributed by atoms with Gasteiger partial charge in [-0.1, -0.05) is 0 Å². The van der Waals surface area contributed by atoms with Crippen molar-refractivity contribution < 1.29 is 4.79 Å². The number of rotatable bonds is 2. The van der Waals surface area contributed by atoms with E-state index in [2.05, 4.69) is 31.5 Å². The molecule has 17 heavy (non-hydrogen) atoms. The molecule has 1 saturated heterocycles. The van der Waals surface area contributed by atoms with Gasteiger partial charge in [0.05, 0.1) is 11.9 Å². The molecular weight excluding hydrogens is 282 g/mol. The van der Waals surface area contributed by atoms with Gasteiger partial charge < -0.3 is 10.6 Å². The van der Waals surface area contributed by atoms with E-state index in [4.69, 9.17) is 0 Å². The van der Waals surface area contributed by atoms with Crippen molar-refractivity contribution in [2.24, 2.45) is 0 Å². The molecule has 4 nitrogen and oxygen atoms in total. The normalized spacial score (nSPS) is 14.2. The van der Waals surface area contributed by atoms with Crippen LogP contribution in [0.3, 0.4) is 0 Å². The Balaban J connectivity index is 2.10. The van der Waals surface area contributed by atoms with Crippen molar-refractivity contribution >= 4 is 27.5 Å². The number of halogens is 1. The lowest BCUT2D eigenvalue weighted by molar-refractivity contribution is -0.112.